The van der Waals surface area contributed by atoms with Crippen LogP contribution in [0.5, 0.6) is 0 Å². The minimum atomic E-state index is 0. The molecule has 1 aromatic heterocycles. The maximum Gasteiger partial charge on any atom is 0.191 e. The summed E-state index contributed by atoms with van der Waals surface area (Å²) in [5.74, 6) is 2.11. The SMILES string of the molecule is CCNC(=NCc1cc(-c2ccccc2)on1)NCC(C(C)C)N1CCOCC1.I. The number of aromatic nitrogens is 1. The Hall–Kier alpha value is -1.65. The molecule has 8 heteroatoms. The molecule has 3 rings (SSSR count). The smallest absolute Gasteiger partial charge is 0.191 e. The summed E-state index contributed by atoms with van der Waals surface area (Å²) < 4.78 is 11.0. The van der Waals surface area contributed by atoms with Crippen molar-refractivity contribution < 1.29 is 9.26 Å². The lowest BCUT2D eigenvalue weighted by Gasteiger charge is -2.37. The van der Waals surface area contributed by atoms with Crippen LogP contribution in [-0.2, 0) is 11.3 Å². The predicted octanol–water partition coefficient (Wildman–Crippen LogP) is 3.37. The number of aliphatic imine (C=N–C) groups is 1. The maximum atomic E-state index is 5.50. The van der Waals surface area contributed by atoms with Gasteiger partial charge in [-0.1, -0.05) is 49.3 Å². The third-order valence-electron chi connectivity index (χ3n) is 5.12. The van der Waals surface area contributed by atoms with Crippen molar-refractivity contribution in [3.63, 3.8) is 0 Å². The number of hydrogen-bond acceptors (Lipinski definition) is 5. The zero-order valence-corrected chi connectivity index (χ0v) is 20.5. The van der Waals surface area contributed by atoms with E-state index < -0.39 is 0 Å². The molecule has 7 nitrogen and oxygen atoms in total. The molecule has 1 aromatic carbocycles. The molecule has 0 bridgehead atoms. The second kappa shape index (κ2) is 12.9. The second-order valence-electron chi connectivity index (χ2n) is 7.58. The van der Waals surface area contributed by atoms with Gasteiger partial charge in [-0.15, -0.1) is 24.0 Å². The standard InChI is InChI=1S/C22H33N5O2.HI/c1-4-23-22(25-16-20(17(2)3)27-10-12-28-13-11-27)24-15-19-14-21(29-26-19)18-8-6-5-7-9-18;/h5-9,14,17,20H,4,10-13,15-16H2,1-3H3,(H2,23,24,25);1H. The number of rotatable bonds is 8. The van der Waals surface area contributed by atoms with Crippen molar-refractivity contribution in [2.45, 2.75) is 33.4 Å². The molecule has 0 amide bonds. The van der Waals surface area contributed by atoms with Crippen molar-refractivity contribution in [2.24, 2.45) is 10.9 Å². The fourth-order valence-electron chi connectivity index (χ4n) is 3.52. The van der Waals surface area contributed by atoms with Crippen LogP contribution in [0.2, 0.25) is 0 Å². The lowest BCUT2D eigenvalue weighted by Crippen LogP contribution is -2.52. The van der Waals surface area contributed by atoms with E-state index in [1.54, 1.807) is 0 Å². The molecule has 0 spiro atoms. The third kappa shape index (κ3) is 7.24. The summed E-state index contributed by atoms with van der Waals surface area (Å²) in [6.45, 7) is 12.3. The molecular formula is C22H34IN5O2. The number of hydrogen-bond donors (Lipinski definition) is 2. The zero-order valence-electron chi connectivity index (χ0n) is 18.1. The van der Waals surface area contributed by atoms with Crippen molar-refractivity contribution in [1.29, 1.82) is 0 Å². The van der Waals surface area contributed by atoms with Gasteiger partial charge in [0.25, 0.3) is 0 Å². The molecule has 1 saturated heterocycles. The Balaban J connectivity index is 0.00000320. The summed E-state index contributed by atoms with van der Waals surface area (Å²) in [6.07, 6.45) is 0. The van der Waals surface area contributed by atoms with Gasteiger partial charge in [-0.25, -0.2) is 4.99 Å². The molecule has 1 aliphatic rings. The highest BCUT2D eigenvalue weighted by molar-refractivity contribution is 14.0. The fraction of sp³-hybridized carbons (Fsp3) is 0.545. The zero-order chi connectivity index (χ0) is 20.5. The van der Waals surface area contributed by atoms with Gasteiger partial charge in [0.15, 0.2) is 11.7 Å². The Labute approximate surface area is 196 Å². The van der Waals surface area contributed by atoms with Crippen molar-refractivity contribution in [1.82, 2.24) is 20.7 Å². The van der Waals surface area contributed by atoms with E-state index in [2.05, 4.69) is 41.5 Å². The number of guanidine groups is 1. The lowest BCUT2D eigenvalue weighted by atomic mass is 10.0. The molecule has 0 saturated carbocycles. The largest absolute Gasteiger partial charge is 0.379 e. The van der Waals surface area contributed by atoms with E-state index in [-0.39, 0.29) is 24.0 Å². The summed E-state index contributed by atoms with van der Waals surface area (Å²) in [7, 11) is 0. The number of nitrogens with one attached hydrogen (secondary N) is 2. The summed E-state index contributed by atoms with van der Waals surface area (Å²) in [4.78, 5) is 7.20. The van der Waals surface area contributed by atoms with Gasteiger partial charge in [0, 0.05) is 43.9 Å². The maximum absolute atomic E-state index is 5.50. The predicted molar refractivity (Wildman–Crippen MR) is 131 cm³/mol. The first-order valence-corrected chi connectivity index (χ1v) is 10.5. The molecule has 2 aromatic rings. The summed E-state index contributed by atoms with van der Waals surface area (Å²) in [5, 5.41) is 11.0. The Kier molecular flexibility index (Phi) is 10.6. The van der Waals surface area contributed by atoms with Gasteiger partial charge in [0.05, 0.1) is 19.8 Å². The minimum Gasteiger partial charge on any atom is -0.379 e. The summed E-state index contributed by atoms with van der Waals surface area (Å²) in [6, 6.07) is 12.4. The van der Waals surface area contributed by atoms with E-state index in [1.165, 1.54) is 0 Å². The number of nitrogens with zero attached hydrogens (tertiary/aromatic N) is 3. The highest BCUT2D eigenvalue weighted by Gasteiger charge is 2.23. The van der Waals surface area contributed by atoms with Crippen molar-refractivity contribution in [3.05, 3.63) is 42.1 Å². The molecule has 1 aliphatic heterocycles. The van der Waals surface area contributed by atoms with E-state index in [9.17, 15) is 0 Å². The van der Waals surface area contributed by atoms with Crippen LogP contribution in [0.3, 0.4) is 0 Å². The Bertz CT molecular complexity index is 760. The van der Waals surface area contributed by atoms with E-state index >= 15 is 0 Å². The van der Waals surface area contributed by atoms with Crippen LogP contribution in [0.1, 0.15) is 26.5 Å². The highest BCUT2D eigenvalue weighted by Crippen LogP contribution is 2.20. The van der Waals surface area contributed by atoms with Gasteiger partial charge >= 0.3 is 0 Å². The first-order chi connectivity index (χ1) is 14.2. The molecule has 30 heavy (non-hydrogen) atoms. The van der Waals surface area contributed by atoms with Crippen LogP contribution in [0.25, 0.3) is 11.3 Å². The molecule has 1 unspecified atom stereocenters. The van der Waals surface area contributed by atoms with E-state index in [4.69, 9.17) is 14.3 Å². The molecular weight excluding hydrogens is 493 g/mol. The Morgan fingerprint density at radius 2 is 1.90 bits per heavy atom. The minimum absolute atomic E-state index is 0. The van der Waals surface area contributed by atoms with Gasteiger partial charge in [-0.2, -0.15) is 0 Å². The van der Waals surface area contributed by atoms with Gasteiger partial charge in [0.1, 0.15) is 5.69 Å². The molecule has 0 radical (unpaired) electrons. The molecule has 1 atom stereocenters. The van der Waals surface area contributed by atoms with Crippen LogP contribution in [0.15, 0.2) is 45.9 Å². The molecule has 1 fully saturated rings. The summed E-state index contributed by atoms with van der Waals surface area (Å²) in [5.41, 5.74) is 1.83. The fourth-order valence-corrected chi connectivity index (χ4v) is 3.52. The molecule has 0 aliphatic carbocycles. The van der Waals surface area contributed by atoms with Crippen LogP contribution in [-0.4, -0.2) is 61.5 Å². The first kappa shape index (κ1) is 24.6. The topological polar surface area (TPSA) is 74.9 Å². The third-order valence-corrected chi connectivity index (χ3v) is 5.12. The average Bonchev–Trinajstić information content (AvgIpc) is 3.22. The van der Waals surface area contributed by atoms with Gasteiger partial charge < -0.3 is 19.9 Å². The number of morpholine rings is 1. The lowest BCUT2D eigenvalue weighted by molar-refractivity contribution is 0.00752. The second-order valence-corrected chi connectivity index (χ2v) is 7.58. The quantitative estimate of drug-likeness (QED) is 0.312. The Morgan fingerprint density at radius 1 is 1.17 bits per heavy atom. The van der Waals surface area contributed by atoms with Gasteiger partial charge in [-0.05, 0) is 12.8 Å². The number of benzene rings is 1. The van der Waals surface area contributed by atoms with Crippen molar-refractivity contribution in [2.75, 3.05) is 39.4 Å². The number of ether oxygens (including phenoxy) is 1. The van der Waals surface area contributed by atoms with E-state index in [0.29, 0.717) is 18.5 Å². The van der Waals surface area contributed by atoms with Crippen LogP contribution in [0.4, 0.5) is 0 Å². The van der Waals surface area contributed by atoms with Gasteiger partial charge in [0.2, 0.25) is 0 Å². The monoisotopic (exact) mass is 527 g/mol. The van der Waals surface area contributed by atoms with E-state index in [0.717, 1.165) is 62.4 Å². The van der Waals surface area contributed by atoms with Crippen molar-refractivity contribution >= 4 is 29.9 Å². The van der Waals surface area contributed by atoms with Crippen LogP contribution in [0, 0.1) is 5.92 Å². The normalized spacial score (nSPS) is 16.2. The van der Waals surface area contributed by atoms with Crippen molar-refractivity contribution in [3.8, 4) is 11.3 Å². The molecule has 2 N–H and O–H groups in total. The highest BCUT2D eigenvalue weighted by atomic mass is 127. The summed E-state index contributed by atoms with van der Waals surface area (Å²) >= 11 is 0. The molecule has 2 heterocycles. The first-order valence-electron chi connectivity index (χ1n) is 10.5. The van der Waals surface area contributed by atoms with Crippen LogP contribution < -0.4 is 10.6 Å². The molecule has 166 valence electrons. The number of halogens is 1. The average molecular weight is 527 g/mol. The van der Waals surface area contributed by atoms with Gasteiger partial charge in [-0.3, -0.25) is 4.90 Å². The Morgan fingerprint density at radius 3 is 2.57 bits per heavy atom. The van der Waals surface area contributed by atoms with E-state index in [1.807, 2.05) is 36.4 Å². The van der Waals surface area contributed by atoms with Crippen LogP contribution >= 0.6 is 24.0 Å².